The lowest BCUT2D eigenvalue weighted by molar-refractivity contribution is -0.117. The molecule has 0 heterocycles. The van der Waals surface area contributed by atoms with Crippen LogP contribution in [0.15, 0.2) is 88.7 Å². The molecule has 1 atom stereocenters. The lowest BCUT2D eigenvalue weighted by Gasteiger charge is -2.11. The first-order chi connectivity index (χ1) is 16.8. The van der Waals surface area contributed by atoms with Gasteiger partial charge in [-0.25, -0.2) is 17.6 Å². The van der Waals surface area contributed by atoms with Crippen molar-refractivity contribution in [3.05, 3.63) is 102 Å². The van der Waals surface area contributed by atoms with Crippen LogP contribution in [0.5, 0.6) is 0 Å². The topological polar surface area (TPSA) is 34.1 Å². The third-order valence-electron chi connectivity index (χ3n) is 5.15. The minimum Gasteiger partial charge on any atom is -0.286 e. The summed E-state index contributed by atoms with van der Waals surface area (Å²) < 4.78 is 55.3. The van der Waals surface area contributed by atoms with Crippen LogP contribution in [0.4, 0.5) is 17.6 Å². The summed E-state index contributed by atoms with van der Waals surface area (Å²) in [5.74, 6) is -1.55. The second kappa shape index (κ2) is 11.1. The summed E-state index contributed by atoms with van der Waals surface area (Å²) in [4.78, 5) is 25.3. The molecular weight excluding hydrogens is 496 g/mol. The third kappa shape index (κ3) is 6.52. The molecule has 0 saturated carbocycles. The van der Waals surface area contributed by atoms with Gasteiger partial charge in [0.2, 0.25) is 10.2 Å². The SMILES string of the molecule is O=C(CC(=O)Sc1ccc(-c2ccc(F)cc2)c(F)c1)Sc1ccc(C2=CCC(F)C=C2)c(F)c1. The minimum absolute atomic E-state index is 0.179. The van der Waals surface area contributed by atoms with Crippen LogP contribution in [-0.4, -0.2) is 16.4 Å². The van der Waals surface area contributed by atoms with Gasteiger partial charge in [-0.2, -0.15) is 0 Å². The number of hydrogen-bond acceptors (Lipinski definition) is 4. The van der Waals surface area contributed by atoms with Crippen molar-refractivity contribution in [2.24, 2.45) is 0 Å². The fraction of sp³-hybridized carbons (Fsp3) is 0.111. The third-order valence-corrected chi connectivity index (χ3v) is 6.87. The van der Waals surface area contributed by atoms with E-state index in [-0.39, 0.29) is 12.0 Å². The lowest BCUT2D eigenvalue weighted by atomic mass is 9.98. The maximum atomic E-state index is 14.5. The Bertz CT molecular complexity index is 1330. The molecule has 0 aliphatic heterocycles. The summed E-state index contributed by atoms with van der Waals surface area (Å²) in [5, 5.41) is -0.957. The summed E-state index contributed by atoms with van der Waals surface area (Å²) in [7, 11) is 0. The molecule has 3 aromatic rings. The van der Waals surface area contributed by atoms with E-state index in [1.807, 2.05) is 0 Å². The predicted octanol–water partition coefficient (Wildman–Crippen LogP) is 7.78. The van der Waals surface area contributed by atoms with Crippen molar-refractivity contribution in [3.63, 3.8) is 0 Å². The fourth-order valence-electron chi connectivity index (χ4n) is 3.46. The van der Waals surface area contributed by atoms with Crippen LogP contribution in [-0.2, 0) is 9.59 Å². The van der Waals surface area contributed by atoms with E-state index in [9.17, 15) is 27.2 Å². The Morgan fingerprint density at radius 2 is 1.37 bits per heavy atom. The average Bonchev–Trinajstić information content (AvgIpc) is 2.81. The van der Waals surface area contributed by atoms with Gasteiger partial charge in [0, 0.05) is 27.3 Å². The zero-order chi connectivity index (χ0) is 24.9. The maximum absolute atomic E-state index is 14.5. The highest BCUT2D eigenvalue weighted by atomic mass is 32.2. The Hall–Kier alpha value is -3.10. The predicted molar refractivity (Wildman–Crippen MR) is 131 cm³/mol. The first-order valence-corrected chi connectivity index (χ1v) is 12.2. The first-order valence-electron chi connectivity index (χ1n) is 10.6. The second-order valence-electron chi connectivity index (χ2n) is 7.69. The highest BCUT2D eigenvalue weighted by molar-refractivity contribution is 8.15. The average molecular weight is 515 g/mol. The molecule has 0 fully saturated rings. The molecule has 1 aliphatic rings. The van der Waals surface area contributed by atoms with Crippen LogP contribution in [0.25, 0.3) is 16.7 Å². The number of carbonyl (C=O) groups is 2. The van der Waals surface area contributed by atoms with Crippen LogP contribution in [0, 0.1) is 17.5 Å². The van der Waals surface area contributed by atoms with E-state index in [2.05, 4.69) is 0 Å². The molecule has 2 nitrogen and oxygen atoms in total. The molecule has 0 N–H and O–H groups in total. The van der Waals surface area contributed by atoms with Gasteiger partial charge < -0.3 is 0 Å². The Morgan fingerprint density at radius 1 is 0.800 bits per heavy atom. The van der Waals surface area contributed by atoms with Gasteiger partial charge in [0.1, 0.15) is 23.6 Å². The molecule has 1 aliphatic carbocycles. The molecule has 4 rings (SSSR count). The minimum atomic E-state index is -1.08. The summed E-state index contributed by atoms with van der Waals surface area (Å²) >= 11 is 1.48. The molecule has 0 radical (unpaired) electrons. The zero-order valence-electron chi connectivity index (χ0n) is 18.1. The largest absolute Gasteiger partial charge is 0.286 e. The smallest absolute Gasteiger partial charge is 0.202 e. The van der Waals surface area contributed by atoms with Crippen molar-refractivity contribution >= 4 is 39.3 Å². The molecule has 0 aromatic heterocycles. The number of benzene rings is 3. The number of halogens is 4. The summed E-state index contributed by atoms with van der Waals surface area (Å²) in [5.41, 5.74) is 1.65. The second-order valence-corrected chi connectivity index (χ2v) is 9.95. The van der Waals surface area contributed by atoms with E-state index in [1.54, 1.807) is 18.2 Å². The maximum Gasteiger partial charge on any atom is 0.202 e. The van der Waals surface area contributed by atoms with Gasteiger partial charge in [0.05, 0.1) is 6.42 Å². The number of rotatable bonds is 6. The van der Waals surface area contributed by atoms with Crippen molar-refractivity contribution in [3.8, 4) is 11.1 Å². The van der Waals surface area contributed by atoms with Crippen molar-refractivity contribution in [2.75, 3.05) is 0 Å². The highest BCUT2D eigenvalue weighted by Crippen LogP contribution is 2.31. The lowest BCUT2D eigenvalue weighted by Crippen LogP contribution is -2.01. The molecular formula is C27H18F4O2S2. The van der Waals surface area contributed by atoms with E-state index >= 15 is 0 Å². The molecule has 178 valence electrons. The number of thioether (sulfide) groups is 2. The Morgan fingerprint density at radius 3 is 1.89 bits per heavy atom. The molecule has 0 spiro atoms. The van der Waals surface area contributed by atoms with E-state index in [4.69, 9.17) is 0 Å². The summed E-state index contributed by atoms with van der Waals surface area (Å²) in [6, 6.07) is 13.9. The Kier molecular flexibility index (Phi) is 7.93. The van der Waals surface area contributed by atoms with Gasteiger partial charge in [-0.3, -0.25) is 9.59 Å². The quantitative estimate of drug-likeness (QED) is 0.191. The monoisotopic (exact) mass is 514 g/mol. The Balaban J connectivity index is 1.34. The number of hydrogen-bond donors (Lipinski definition) is 0. The van der Waals surface area contributed by atoms with E-state index in [0.717, 1.165) is 23.5 Å². The van der Waals surface area contributed by atoms with Crippen LogP contribution >= 0.6 is 23.5 Å². The highest BCUT2D eigenvalue weighted by Gasteiger charge is 2.17. The number of allylic oxidation sites excluding steroid dienone is 4. The zero-order valence-corrected chi connectivity index (χ0v) is 19.8. The van der Waals surface area contributed by atoms with Crippen LogP contribution in [0.3, 0.4) is 0 Å². The van der Waals surface area contributed by atoms with E-state index < -0.39 is 40.3 Å². The first kappa shape index (κ1) is 25.0. The van der Waals surface area contributed by atoms with Gasteiger partial charge in [-0.05, 0) is 53.6 Å². The van der Waals surface area contributed by atoms with Crippen LogP contribution in [0.2, 0.25) is 0 Å². The van der Waals surface area contributed by atoms with E-state index in [1.165, 1.54) is 60.7 Å². The summed E-state index contributed by atoms with van der Waals surface area (Å²) in [6.07, 6.45) is 3.19. The molecule has 8 heteroatoms. The molecule has 0 saturated heterocycles. The molecule has 0 bridgehead atoms. The molecule has 35 heavy (non-hydrogen) atoms. The van der Waals surface area contributed by atoms with Gasteiger partial charge in [0.15, 0.2) is 0 Å². The van der Waals surface area contributed by atoms with Crippen LogP contribution in [0.1, 0.15) is 18.4 Å². The van der Waals surface area contributed by atoms with Crippen molar-refractivity contribution in [1.82, 2.24) is 0 Å². The van der Waals surface area contributed by atoms with Gasteiger partial charge in [-0.15, -0.1) is 0 Å². The van der Waals surface area contributed by atoms with Gasteiger partial charge in [-0.1, -0.05) is 59.9 Å². The standard InChI is InChI=1S/C27H18F4O2S2/c28-18-5-1-16(2-6-18)22-11-9-20(13-24(22)30)34-26(32)15-27(33)35-21-10-12-23(25(31)14-21)17-3-7-19(29)8-4-17/h1-7,9-14,19H,8,15H2. The van der Waals surface area contributed by atoms with Crippen molar-refractivity contribution in [1.29, 1.82) is 0 Å². The normalized spacial score (nSPS) is 15.1. The van der Waals surface area contributed by atoms with Crippen LogP contribution < -0.4 is 0 Å². The van der Waals surface area contributed by atoms with Crippen molar-refractivity contribution < 1.29 is 27.2 Å². The van der Waals surface area contributed by atoms with Gasteiger partial charge in [0.25, 0.3) is 0 Å². The number of alkyl halides is 1. The molecule has 1 unspecified atom stereocenters. The summed E-state index contributed by atoms with van der Waals surface area (Å²) in [6.45, 7) is 0. The van der Waals surface area contributed by atoms with Crippen molar-refractivity contribution in [2.45, 2.75) is 28.8 Å². The fourth-order valence-corrected chi connectivity index (χ4v) is 5.08. The van der Waals surface area contributed by atoms with Gasteiger partial charge >= 0.3 is 0 Å². The number of carbonyl (C=O) groups excluding carboxylic acids is 2. The molecule has 0 amide bonds. The molecule has 3 aromatic carbocycles. The van der Waals surface area contributed by atoms with E-state index in [0.29, 0.717) is 26.5 Å². The Labute approximate surface area is 208 Å².